The van der Waals surface area contributed by atoms with Crippen LogP contribution in [-0.4, -0.2) is 21.8 Å². The summed E-state index contributed by atoms with van der Waals surface area (Å²) in [6, 6.07) is 6.72. The lowest BCUT2D eigenvalue weighted by Crippen LogP contribution is -2.14. The van der Waals surface area contributed by atoms with Gasteiger partial charge in [0.15, 0.2) is 0 Å². The van der Waals surface area contributed by atoms with Crippen molar-refractivity contribution < 1.29 is 9.59 Å². The minimum absolute atomic E-state index is 0.397. The molecule has 0 aliphatic rings. The van der Waals surface area contributed by atoms with Gasteiger partial charge in [-0.25, -0.2) is 0 Å². The molecule has 21 heavy (non-hydrogen) atoms. The lowest BCUT2D eigenvalue weighted by Gasteiger charge is -2.02. The summed E-state index contributed by atoms with van der Waals surface area (Å²) >= 11 is 0. The van der Waals surface area contributed by atoms with Crippen molar-refractivity contribution >= 4 is 11.8 Å². The maximum Gasteiger partial charge on any atom is 0.250 e. The third-order valence-electron chi connectivity index (χ3n) is 2.59. The molecular formula is C15H18N4O2. The minimum Gasteiger partial charge on any atom is -0.366 e. The molecule has 6 heteroatoms. The van der Waals surface area contributed by atoms with Gasteiger partial charge < -0.3 is 11.5 Å². The van der Waals surface area contributed by atoms with Gasteiger partial charge in [0, 0.05) is 18.6 Å². The van der Waals surface area contributed by atoms with Crippen molar-refractivity contribution in [3.05, 3.63) is 59.7 Å². The normalized spacial score (nSPS) is 9.38. The summed E-state index contributed by atoms with van der Waals surface area (Å²) in [6.45, 7) is 2.04. The second-order valence-electron chi connectivity index (χ2n) is 4.22. The van der Waals surface area contributed by atoms with Crippen molar-refractivity contribution in [2.24, 2.45) is 11.5 Å². The summed E-state index contributed by atoms with van der Waals surface area (Å²) in [6.07, 6.45) is 6.47. The maximum absolute atomic E-state index is 10.9. The molecule has 110 valence electrons. The molecule has 0 aliphatic carbocycles. The summed E-state index contributed by atoms with van der Waals surface area (Å²) in [5.74, 6) is -0.838. The second kappa shape index (κ2) is 8.42. The van der Waals surface area contributed by atoms with Gasteiger partial charge in [-0.2, -0.15) is 0 Å². The van der Waals surface area contributed by atoms with Crippen molar-refractivity contribution in [3.8, 4) is 0 Å². The highest BCUT2D eigenvalue weighted by Crippen LogP contribution is 2.06. The monoisotopic (exact) mass is 286 g/mol. The Morgan fingerprint density at radius 3 is 2.29 bits per heavy atom. The molecule has 0 bridgehead atoms. The number of aryl methyl sites for hydroxylation is 1. The summed E-state index contributed by atoms with van der Waals surface area (Å²) < 4.78 is 0. The largest absolute Gasteiger partial charge is 0.366 e. The van der Waals surface area contributed by atoms with Crippen LogP contribution in [0, 0.1) is 0 Å². The molecule has 0 atom stereocenters. The van der Waals surface area contributed by atoms with Gasteiger partial charge in [-0.1, -0.05) is 13.3 Å². The number of carbonyl (C=O) groups excluding carboxylic acids is 2. The molecule has 4 N–H and O–H groups in total. The third-order valence-corrected chi connectivity index (χ3v) is 2.59. The quantitative estimate of drug-likeness (QED) is 0.882. The Kier molecular flexibility index (Phi) is 6.53. The van der Waals surface area contributed by atoms with Crippen LogP contribution < -0.4 is 11.5 Å². The molecule has 0 aliphatic heterocycles. The average molecular weight is 286 g/mol. The first-order valence-corrected chi connectivity index (χ1v) is 6.49. The van der Waals surface area contributed by atoms with Gasteiger partial charge >= 0.3 is 0 Å². The summed E-state index contributed by atoms with van der Waals surface area (Å²) in [7, 11) is 0. The van der Waals surface area contributed by atoms with Crippen LogP contribution in [0.25, 0.3) is 0 Å². The van der Waals surface area contributed by atoms with E-state index in [1.54, 1.807) is 36.7 Å². The van der Waals surface area contributed by atoms with Gasteiger partial charge in [-0.05, 0) is 30.7 Å². The Hall–Kier alpha value is -2.76. The number of primary amides is 2. The zero-order chi connectivity index (χ0) is 15.7. The third kappa shape index (κ3) is 5.40. The number of hydrogen-bond acceptors (Lipinski definition) is 4. The Bertz CT molecular complexity index is 600. The van der Waals surface area contributed by atoms with E-state index in [4.69, 9.17) is 11.5 Å². The van der Waals surface area contributed by atoms with E-state index in [1.807, 2.05) is 6.92 Å². The number of carbonyl (C=O) groups is 2. The molecule has 0 saturated carbocycles. The zero-order valence-corrected chi connectivity index (χ0v) is 11.8. The van der Waals surface area contributed by atoms with Crippen LogP contribution in [0.3, 0.4) is 0 Å². The fourth-order valence-electron chi connectivity index (χ4n) is 1.61. The molecule has 0 fully saturated rings. The molecule has 0 aromatic carbocycles. The number of nitrogens with two attached hydrogens (primary N) is 2. The van der Waals surface area contributed by atoms with E-state index in [9.17, 15) is 9.59 Å². The molecule has 0 saturated heterocycles. The molecule has 0 unspecified atom stereocenters. The molecule has 2 amide bonds. The predicted molar refractivity (Wildman–Crippen MR) is 79.5 cm³/mol. The Morgan fingerprint density at radius 1 is 1.10 bits per heavy atom. The first kappa shape index (κ1) is 16.3. The Labute approximate surface area is 123 Å². The average Bonchev–Trinajstić information content (AvgIpc) is 2.49. The predicted octanol–water partition coefficient (Wildman–Crippen LogP) is 1.31. The van der Waals surface area contributed by atoms with E-state index >= 15 is 0 Å². The number of pyridine rings is 2. The molecule has 2 aromatic heterocycles. The molecular weight excluding hydrogens is 268 g/mol. The first-order valence-electron chi connectivity index (χ1n) is 6.49. The van der Waals surface area contributed by atoms with Crippen LogP contribution in [0.5, 0.6) is 0 Å². The fraction of sp³-hybridized carbons (Fsp3) is 0.200. The molecule has 6 nitrogen and oxygen atoms in total. The van der Waals surface area contributed by atoms with Crippen LogP contribution >= 0.6 is 0 Å². The van der Waals surface area contributed by atoms with Crippen LogP contribution in [0.1, 0.15) is 39.8 Å². The van der Waals surface area contributed by atoms with Crippen molar-refractivity contribution in [2.75, 3.05) is 0 Å². The van der Waals surface area contributed by atoms with E-state index in [0.717, 1.165) is 18.5 Å². The van der Waals surface area contributed by atoms with Crippen molar-refractivity contribution in [3.63, 3.8) is 0 Å². The lowest BCUT2D eigenvalue weighted by molar-refractivity contribution is 0.0991. The van der Waals surface area contributed by atoms with Gasteiger partial charge in [-0.15, -0.1) is 0 Å². The van der Waals surface area contributed by atoms with E-state index in [0.29, 0.717) is 11.1 Å². The number of rotatable bonds is 4. The smallest absolute Gasteiger partial charge is 0.250 e. The van der Waals surface area contributed by atoms with E-state index < -0.39 is 11.8 Å². The minimum atomic E-state index is -0.442. The van der Waals surface area contributed by atoms with Gasteiger partial charge in [0.1, 0.15) is 0 Å². The highest BCUT2D eigenvalue weighted by atomic mass is 16.1. The molecule has 0 radical (unpaired) electrons. The molecule has 0 spiro atoms. The van der Waals surface area contributed by atoms with E-state index in [-0.39, 0.29) is 0 Å². The highest BCUT2D eigenvalue weighted by molar-refractivity contribution is 5.93. The Morgan fingerprint density at radius 2 is 1.81 bits per heavy atom. The van der Waals surface area contributed by atoms with Gasteiger partial charge in [0.2, 0.25) is 5.91 Å². The van der Waals surface area contributed by atoms with Crippen molar-refractivity contribution in [1.29, 1.82) is 0 Å². The highest BCUT2D eigenvalue weighted by Gasteiger charge is 2.06. The number of amides is 2. The van der Waals surface area contributed by atoms with Crippen LogP contribution in [0.4, 0.5) is 0 Å². The standard InChI is InChI=1S/C9H12N2O.C6H6N2O/c1-2-4-8-7(9(10)12)5-3-6-11-8;7-6(9)5-2-1-3-8-4-5/h3,5-6H,2,4H2,1H3,(H2,10,12);1-4H,(H2,7,9). The lowest BCUT2D eigenvalue weighted by atomic mass is 10.1. The molecule has 2 aromatic rings. The number of nitrogens with zero attached hydrogens (tertiary/aromatic N) is 2. The van der Waals surface area contributed by atoms with Crippen molar-refractivity contribution in [2.45, 2.75) is 19.8 Å². The zero-order valence-electron chi connectivity index (χ0n) is 11.8. The first-order chi connectivity index (χ1) is 10.1. The van der Waals surface area contributed by atoms with Crippen LogP contribution in [-0.2, 0) is 6.42 Å². The summed E-state index contributed by atoms with van der Waals surface area (Å²) in [4.78, 5) is 29.1. The van der Waals surface area contributed by atoms with E-state index in [1.165, 1.54) is 6.20 Å². The SMILES string of the molecule is CCCc1ncccc1C(N)=O.NC(=O)c1cccnc1. The second-order valence-corrected chi connectivity index (χ2v) is 4.22. The molecule has 2 rings (SSSR count). The van der Waals surface area contributed by atoms with E-state index in [2.05, 4.69) is 9.97 Å². The molecule has 2 heterocycles. The topological polar surface area (TPSA) is 112 Å². The Balaban J connectivity index is 0.000000219. The van der Waals surface area contributed by atoms with Crippen molar-refractivity contribution in [1.82, 2.24) is 9.97 Å². The summed E-state index contributed by atoms with van der Waals surface area (Å²) in [5, 5.41) is 0. The van der Waals surface area contributed by atoms with Crippen LogP contribution in [0.15, 0.2) is 42.9 Å². The number of aromatic nitrogens is 2. The van der Waals surface area contributed by atoms with Crippen LogP contribution in [0.2, 0.25) is 0 Å². The fourth-order valence-corrected chi connectivity index (χ4v) is 1.61. The van der Waals surface area contributed by atoms with Gasteiger partial charge in [0.05, 0.1) is 16.8 Å². The number of hydrogen-bond donors (Lipinski definition) is 2. The summed E-state index contributed by atoms with van der Waals surface area (Å²) in [5.41, 5.74) is 11.9. The maximum atomic E-state index is 10.9. The van der Waals surface area contributed by atoms with Gasteiger partial charge in [-0.3, -0.25) is 19.6 Å². The van der Waals surface area contributed by atoms with Gasteiger partial charge in [0.25, 0.3) is 5.91 Å².